The van der Waals surface area contributed by atoms with Crippen molar-refractivity contribution in [1.82, 2.24) is 0 Å². The summed E-state index contributed by atoms with van der Waals surface area (Å²) in [4.78, 5) is 12.6. The number of ketones is 1. The molecule has 22 heavy (non-hydrogen) atoms. The molecule has 118 valence electrons. The molecule has 3 unspecified atom stereocenters. The number of hydrogen-bond donors (Lipinski definition) is 0. The number of ether oxygens (including phenoxy) is 1. The van der Waals surface area contributed by atoms with E-state index < -0.39 is 0 Å². The quantitative estimate of drug-likeness (QED) is 0.492. The van der Waals surface area contributed by atoms with E-state index in [4.69, 9.17) is 4.74 Å². The molecule has 0 spiro atoms. The third kappa shape index (κ3) is 5.36. The van der Waals surface area contributed by atoms with Crippen LogP contribution in [0.2, 0.25) is 0 Å². The Bertz CT molecular complexity index is 546. The third-order valence-electron chi connectivity index (χ3n) is 3.45. The van der Waals surface area contributed by atoms with Crippen molar-refractivity contribution < 1.29 is 9.53 Å². The molecule has 0 amide bonds. The molecule has 0 N–H and O–H groups in total. The smallest absolute Gasteiger partial charge is 0.147 e. The average molecular weight is 316 g/mol. The Morgan fingerprint density at radius 2 is 2.14 bits per heavy atom. The van der Waals surface area contributed by atoms with Gasteiger partial charge in [-0.15, -0.1) is 15.8 Å². The first-order chi connectivity index (χ1) is 10.7. The molecule has 0 fully saturated rings. The van der Waals surface area contributed by atoms with E-state index in [1.54, 1.807) is 6.08 Å². The minimum atomic E-state index is -0.312. The van der Waals surface area contributed by atoms with Crippen molar-refractivity contribution in [2.24, 2.45) is 0 Å². The third-order valence-corrected chi connectivity index (χ3v) is 3.72. The lowest BCUT2D eigenvalue weighted by Crippen LogP contribution is -2.28. The fraction of sp³-hybridized carbons (Fsp3) is 0.316. The number of Topliss-reactive ketones (excluding diaryl/α,β-unsaturated/α-hetero) is 1. The molecule has 0 bridgehead atoms. The van der Waals surface area contributed by atoms with Crippen LogP contribution in [0.1, 0.15) is 30.4 Å². The molecule has 0 aliphatic rings. The Labute approximate surface area is 136 Å². The Morgan fingerprint density at radius 3 is 2.73 bits per heavy atom. The van der Waals surface area contributed by atoms with Crippen LogP contribution in [-0.4, -0.2) is 18.5 Å². The van der Waals surface area contributed by atoms with Crippen molar-refractivity contribution in [3.63, 3.8) is 0 Å². The molecule has 0 heterocycles. The predicted molar refractivity (Wildman–Crippen MR) is 97.1 cm³/mol. The zero-order valence-corrected chi connectivity index (χ0v) is 14.5. The average Bonchev–Trinajstić information content (AvgIpc) is 2.50. The van der Waals surface area contributed by atoms with Crippen LogP contribution in [0.4, 0.5) is 0 Å². The largest absolute Gasteiger partial charge is 0.369 e. The zero-order chi connectivity index (χ0) is 16.4. The van der Waals surface area contributed by atoms with Gasteiger partial charge in [-0.05, 0) is 25.0 Å². The van der Waals surface area contributed by atoms with E-state index in [0.717, 1.165) is 11.1 Å². The molecule has 1 aromatic rings. The highest BCUT2D eigenvalue weighted by Crippen LogP contribution is 2.28. The fourth-order valence-corrected chi connectivity index (χ4v) is 2.52. The van der Waals surface area contributed by atoms with Crippen molar-refractivity contribution in [2.45, 2.75) is 32.3 Å². The lowest BCUT2D eigenvalue weighted by molar-refractivity contribution is -0.122. The van der Waals surface area contributed by atoms with Crippen molar-refractivity contribution in [3.05, 3.63) is 72.1 Å². The molecule has 2 nitrogen and oxygen atoms in total. The van der Waals surface area contributed by atoms with Gasteiger partial charge in [-0.25, -0.2) is 0 Å². The van der Waals surface area contributed by atoms with Gasteiger partial charge in [-0.2, -0.15) is 0 Å². The monoisotopic (exact) mass is 316 g/mol. The Hall–Kier alpha value is -1.50. The van der Waals surface area contributed by atoms with Crippen molar-refractivity contribution in [3.8, 4) is 0 Å². The summed E-state index contributed by atoms with van der Waals surface area (Å²) in [7, 11) is 2.52. The van der Waals surface area contributed by atoms with Crippen LogP contribution >= 0.6 is 9.24 Å². The second-order valence-corrected chi connectivity index (χ2v) is 5.43. The van der Waals surface area contributed by atoms with Gasteiger partial charge in [0.2, 0.25) is 0 Å². The first-order valence-corrected chi connectivity index (χ1v) is 8.12. The van der Waals surface area contributed by atoms with Gasteiger partial charge in [0, 0.05) is 6.42 Å². The summed E-state index contributed by atoms with van der Waals surface area (Å²) in [5.74, 6) is 1.68. The van der Waals surface area contributed by atoms with E-state index in [0.29, 0.717) is 13.0 Å². The van der Waals surface area contributed by atoms with Crippen LogP contribution in [0.15, 0.2) is 61.0 Å². The summed E-state index contributed by atoms with van der Waals surface area (Å²) in [5, 5.41) is 0. The molecular formula is C19H25O2P. The summed E-state index contributed by atoms with van der Waals surface area (Å²) < 4.78 is 5.92. The standard InChI is InChI=1S/C19H25O2P/c1-4-9-17(20)19(16-12-7-6-11-15(16)3)18(10-5-2)21-13-8-14-22/h4-8,10-12,14,18-19H,1,9,13,22H2,2-3H3/b10-5-,14-8+. The highest BCUT2D eigenvalue weighted by atomic mass is 31.0. The molecule has 0 saturated carbocycles. The molecule has 0 aliphatic heterocycles. The van der Waals surface area contributed by atoms with Crippen LogP contribution in [-0.2, 0) is 9.53 Å². The van der Waals surface area contributed by atoms with Crippen molar-refractivity contribution >= 4 is 15.0 Å². The van der Waals surface area contributed by atoms with Crippen LogP contribution < -0.4 is 0 Å². The minimum absolute atomic E-state index is 0.127. The van der Waals surface area contributed by atoms with Crippen LogP contribution in [0.5, 0.6) is 0 Å². The number of carbonyl (C=O) groups is 1. The van der Waals surface area contributed by atoms with Gasteiger partial charge in [-0.1, -0.05) is 54.4 Å². The van der Waals surface area contributed by atoms with Gasteiger partial charge >= 0.3 is 0 Å². The summed E-state index contributed by atoms with van der Waals surface area (Å²) in [5.41, 5.74) is 2.12. The molecule has 1 rings (SSSR count). The molecule has 0 radical (unpaired) electrons. The Morgan fingerprint density at radius 1 is 1.41 bits per heavy atom. The molecule has 0 aromatic heterocycles. The molecular weight excluding hydrogens is 291 g/mol. The van der Waals surface area contributed by atoms with E-state index in [2.05, 4.69) is 15.8 Å². The van der Waals surface area contributed by atoms with Gasteiger partial charge in [0.15, 0.2) is 0 Å². The van der Waals surface area contributed by atoms with Crippen molar-refractivity contribution in [2.75, 3.05) is 6.61 Å². The van der Waals surface area contributed by atoms with E-state index in [9.17, 15) is 4.79 Å². The lowest BCUT2D eigenvalue weighted by Gasteiger charge is -2.25. The maximum Gasteiger partial charge on any atom is 0.147 e. The van der Waals surface area contributed by atoms with Crippen LogP contribution in [0.3, 0.4) is 0 Å². The topological polar surface area (TPSA) is 26.3 Å². The second-order valence-electron chi connectivity index (χ2n) is 5.05. The molecule has 1 aromatic carbocycles. The summed E-state index contributed by atoms with van der Waals surface area (Å²) in [6, 6.07) is 7.98. The maximum absolute atomic E-state index is 12.6. The highest BCUT2D eigenvalue weighted by Gasteiger charge is 2.28. The van der Waals surface area contributed by atoms with Gasteiger partial charge in [-0.3, -0.25) is 4.79 Å². The first kappa shape index (κ1) is 18.5. The number of carbonyl (C=O) groups excluding carboxylic acids is 1. The van der Waals surface area contributed by atoms with E-state index >= 15 is 0 Å². The SMILES string of the molecule is C=CCC(=O)C(c1ccccc1C)C(/C=C\C)OC/C=C/P. The van der Waals surface area contributed by atoms with Gasteiger partial charge in [0.05, 0.1) is 18.6 Å². The number of allylic oxidation sites excluding steroid dienone is 2. The van der Waals surface area contributed by atoms with Crippen molar-refractivity contribution in [1.29, 1.82) is 0 Å². The van der Waals surface area contributed by atoms with E-state index in [1.807, 2.05) is 62.2 Å². The zero-order valence-electron chi connectivity index (χ0n) is 13.4. The number of rotatable bonds is 9. The van der Waals surface area contributed by atoms with Gasteiger partial charge < -0.3 is 4.74 Å². The predicted octanol–water partition coefficient (Wildman–Crippen LogP) is 4.57. The van der Waals surface area contributed by atoms with E-state index in [1.165, 1.54) is 0 Å². The van der Waals surface area contributed by atoms with Crippen LogP contribution in [0, 0.1) is 6.92 Å². The van der Waals surface area contributed by atoms with Crippen LogP contribution in [0.25, 0.3) is 0 Å². The first-order valence-electron chi connectivity index (χ1n) is 7.46. The van der Waals surface area contributed by atoms with Gasteiger partial charge in [0.25, 0.3) is 0 Å². The molecule has 3 heteroatoms. The minimum Gasteiger partial charge on any atom is -0.369 e. The maximum atomic E-state index is 12.6. The summed E-state index contributed by atoms with van der Waals surface area (Å²) in [6.07, 6.45) is 7.52. The Kier molecular flexibility index (Phi) is 8.65. The number of hydrogen-bond acceptors (Lipinski definition) is 2. The lowest BCUT2D eigenvalue weighted by atomic mass is 9.85. The second kappa shape index (κ2) is 10.3. The summed E-state index contributed by atoms with van der Waals surface area (Å²) >= 11 is 0. The normalized spacial score (nSPS) is 14.3. The fourth-order valence-electron chi connectivity index (χ4n) is 2.41. The highest BCUT2D eigenvalue weighted by molar-refractivity contribution is 7.20. The van der Waals surface area contributed by atoms with Gasteiger partial charge in [0.1, 0.15) is 5.78 Å². The molecule has 3 atom stereocenters. The van der Waals surface area contributed by atoms with E-state index in [-0.39, 0.29) is 17.8 Å². The number of aryl methyl sites for hydroxylation is 1. The molecule has 0 aliphatic carbocycles. The number of benzene rings is 1. The summed E-state index contributed by atoms with van der Waals surface area (Å²) in [6.45, 7) is 8.13. The Balaban J connectivity index is 3.18. The molecule has 0 saturated heterocycles.